The van der Waals surface area contributed by atoms with Gasteiger partial charge in [0.05, 0.1) is 13.2 Å². The molecule has 1 atom stereocenters. The molecule has 0 spiro atoms. The van der Waals surface area contributed by atoms with Crippen molar-refractivity contribution in [2.24, 2.45) is 0 Å². The molecule has 2 heterocycles. The molecule has 2 aliphatic heterocycles. The summed E-state index contributed by atoms with van der Waals surface area (Å²) in [5.41, 5.74) is 2.29. The Hall–Kier alpha value is -2.57. The van der Waals surface area contributed by atoms with Crippen molar-refractivity contribution in [1.29, 1.82) is 0 Å². The molecule has 2 aromatic rings. The van der Waals surface area contributed by atoms with Crippen LogP contribution in [-0.4, -0.2) is 23.6 Å². The van der Waals surface area contributed by atoms with Crippen LogP contribution in [0.25, 0.3) is 0 Å². The van der Waals surface area contributed by atoms with Gasteiger partial charge in [0, 0.05) is 16.1 Å². The molecule has 0 aromatic heterocycles. The average Bonchev–Trinajstić information content (AvgIpc) is 2.92. The molecule has 1 fully saturated rings. The smallest absolute Gasteiger partial charge is 0.325 e. The van der Waals surface area contributed by atoms with Crippen molar-refractivity contribution < 1.29 is 19.1 Å². The number of benzene rings is 2. The molecular formula is C22H23ClN2O4. The van der Waals surface area contributed by atoms with E-state index in [1.807, 2.05) is 24.3 Å². The number of fused-ring (bicyclic) bond motifs is 1. The largest absolute Gasteiger partial charge is 0.467 e. The molecule has 4 rings (SSSR count). The number of carbonyl (C=O) groups excluding carboxylic acids is 2. The van der Waals surface area contributed by atoms with Crippen molar-refractivity contribution in [3.8, 4) is 5.75 Å². The lowest BCUT2D eigenvalue weighted by atomic mass is 9.90. The summed E-state index contributed by atoms with van der Waals surface area (Å²) in [5, 5.41) is 3.36. The summed E-state index contributed by atoms with van der Waals surface area (Å²) >= 11 is 6.22. The fourth-order valence-corrected chi connectivity index (χ4v) is 4.05. The maximum absolute atomic E-state index is 13.3. The van der Waals surface area contributed by atoms with Gasteiger partial charge in [-0.1, -0.05) is 49.7 Å². The molecular weight excluding hydrogens is 392 g/mol. The van der Waals surface area contributed by atoms with Gasteiger partial charge in [0.15, 0.2) is 6.79 Å². The lowest BCUT2D eigenvalue weighted by molar-refractivity contribution is -0.131. The first-order valence-electron chi connectivity index (χ1n) is 9.56. The van der Waals surface area contributed by atoms with E-state index in [2.05, 4.69) is 19.2 Å². The van der Waals surface area contributed by atoms with Crippen LogP contribution in [0.15, 0.2) is 36.4 Å². The summed E-state index contributed by atoms with van der Waals surface area (Å²) in [6.07, 6.45) is 0. The van der Waals surface area contributed by atoms with Crippen molar-refractivity contribution in [2.45, 2.75) is 45.4 Å². The third kappa shape index (κ3) is 3.47. The van der Waals surface area contributed by atoms with Crippen LogP contribution in [-0.2, 0) is 28.2 Å². The van der Waals surface area contributed by atoms with Gasteiger partial charge in [0.1, 0.15) is 11.3 Å². The normalized spacial score (nSPS) is 21.2. The van der Waals surface area contributed by atoms with E-state index in [1.165, 1.54) is 10.5 Å². The third-order valence-electron chi connectivity index (χ3n) is 5.51. The molecule has 1 saturated heterocycles. The zero-order valence-electron chi connectivity index (χ0n) is 16.6. The first-order valence-corrected chi connectivity index (χ1v) is 9.94. The van der Waals surface area contributed by atoms with Crippen LogP contribution in [0, 0.1) is 0 Å². The standard InChI is InChI=1S/C22H23ClN2O4/c1-13(2)14-4-6-17(7-5-14)22(3)20(26)25(21(27)24-22)10-15-8-18(23)9-16-11-28-12-29-19(15)16/h4-9,13H,10-12H2,1-3H3,(H,24,27)/t22-/m1/s1. The highest BCUT2D eigenvalue weighted by Crippen LogP contribution is 2.35. The first kappa shape index (κ1) is 19.7. The van der Waals surface area contributed by atoms with Crippen LogP contribution < -0.4 is 10.1 Å². The molecule has 2 aliphatic rings. The van der Waals surface area contributed by atoms with E-state index in [4.69, 9.17) is 21.1 Å². The zero-order valence-corrected chi connectivity index (χ0v) is 17.4. The summed E-state index contributed by atoms with van der Waals surface area (Å²) in [6.45, 7) is 6.53. The monoisotopic (exact) mass is 414 g/mol. The minimum atomic E-state index is -1.12. The van der Waals surface area contributed by atoms with Crippen molar-refractivity contribution in [3.05, 3.63) is 63.7 Å². The number of hydrogen-bond donors (Lipinski definition) is 1. The van der Waals surface area contributed by atoms with E-state index in [1.54, 1.807) is 19.1 Å². The number of halogens is 1. The van der Waals surface area contributed by atoms with Gasteiger partial charge in [-0.3, -0.25) is 9.69 Å². The number of amides is 3. The van der Waals surface area contributed by atoms with Crippen LogP contribution >= 0.6 is 11.6 Å². The topological polar surface area (TPSA) is 67.9 Å². The number of nitrogens with zero attached hydrogens (tertiary/aromatic N) is 1. The molecule has 6 nitrogen and oxygen atoms in total. The number of urea groups is 1. The molecule has 0 saturated carbocycles. The van der Waals surface area contributed by atoms with Crippen LogP contribution in [0.4, 0.5) is 4.79 Å². The molecule has 29 heavy (non-hydrogen) atoms. The van der Waals surface area contributed by atoms with Crippen molar-refractivity contribution in [1.82, 2.24) is 10.2 Å². The Labute approximate surface area is 174 Å². The van der Waals surface area contributed by atoms with Gasteiger partial charge in [-0.15, -0.1) is 0 Å². The van der Waals surface area contributed by atoms with E-state index >= 15 is 0 Å². The second-order valence-corrected chi connectivity index (χ2v) is 8.32. The Morgan fingerprint density at radius 1 is 1.21 bits per heavy atom. The van der Waals surface area contributed by atoms with Gasteiger partial charge in [0.2, 0.25) is 0 Å². The Morgan fingerprint density at radius 3 is 2.62 bits per heavy atom. The van der Waals surface area contributed by atoms with Crippen LogP contribution in [0.3, 0.4) is 0 Å². The SMILES string of the molecule is CC(C)c1ccc([C@@]2(C)NC(=O)N(Cc3cc(Cl)cc4c3OCOC4)C2=O)cc1. The van der Waals surface area contributed by atoms with E-state index in [9.17, 15) is 9.59 Å². The molecule has 152 valence electrons. The number of hydrogen-bond acceptors (Lipinski definition) is 4. The second kappa shape index (κ2) is 7.35. The Morgan fingerprint density at radius 2 is 1.93 bits per heavy atom. The summed E-state index contributed by atoms with van der Waals surface area (Å²) < 4.78 is 10.9. The van der Waals surface area contributed by atoms with E-state index in [-0.39, 0.29) is 19.2 Å². The molecule has 7 heteroatoms. The van der Waals surface area contributed by atoms with Gasteiger partial charge < -0.3 is 14.8 Å². The zero-order chi connectivity index (χ0) is 20.8. The van der Waals surface area contributed by atoms with Crippen molar-refractivity contribution in [2.75, 3.05) is 6.79 Å². The average molecular weight is 415 g/mol. The van der Waals surface area contributed by atoms with Gasteiger partial charge in [-0.25, -0.2) is 4.79 Å². The summed E-state index contributed by atoms with van der Waals surface area (Å²) in [4.78, 5) is 27.2. The molecule has 0 radical (unpaired) electrons. The third-order valence-corrected chi connectivity index (χ3v) is 5.73. The minimum absolute atomic E-state index is 0.0766. The molecule has 3 amide bonds. The Balaban J connectivity index is 1.63. The molecule has 0 aliphatic carbocycles. The quantitative estimate of drug-likeness (QED) is 0.757. The number of ether oxygens (including phenoxy) is 2. The number of imide groups is 1. The van der Waals surface area contributed by atoms with E-state index in [0.717, 1.165) is 11.1 Å². The Kier molecular flexibility index (Phi) is 5.00. The molecule has 0 bridgehead atoms. The van der Waals surface area contributed by atoms with Crippen molar-refractivity contribution in [3.63, 3.8) is 0 Å². The predicted molar refractivity (Wildman–Crippen MR) is 109 cm³/mol. The second-order valence-electron chi connectivity index (χ2n) is 7.89. The van der Waals surface area contributed by atoms with Gasteiger partial charge >= 0.3 is 6.03 Å². The highest BCUT2D eigenvalue weighted by Gasteiger charge is 2.49. The Bertz CT molecular complexity index is 974. The fraction of sp³-hybridized carbons (Fsp3) is 0.364. The van der Waals surface area contributed by atoms with E-state index < -0.39 is 11.6 Å². The predicted octanol–water partition coefficient (Wildman–Crippen LogP) is 4.30. The highest BCUT2D eigenvalue weighted by molar-refractivity contribution is 6.30. The number of rotatable bonds is 4. The maximum atomic E-state index is 13.3. The molecule has 0 unspecified atom stereocenters. The van der Waals surface area contributed by atoms with E-state index in [0.29, 0.717) is 28.9 Å². The van der Waals surface area contributed by atoms with Gasteiger partial charge in [-0.2, -0.15) is 0 Å². The lowest BCUT2D eigenvalue weighted by Gasteiger charge is -2.24. The fourth-order valence-electron chi connectivity index (χ4n) is 3.78. The molecule has 2 aromatic carbocycles. The van der Waals surface area contributed by atoms with Crippen LogP contribution in [0.2, 0.25) is 5.02 Å². The first-order chi connectivity index (χ1) is 13.8. The highest BCUT2D eigenvalue weighted by atomic mass is 35.5. The van der Waals surface area contributed by atoms with Gasteiger partial charge in [-0.05, 0) is 36.1 Å². The molecule has 1 N–H and O–H groups in total. The summed E-state index contributed by atoms with van der Waals surface area (Å²) in [7, 11) is 0. The van der Waals surface area contributed by atoms with Crippen LogP contribution in [0.5, 0.6) is 5.75 Å². The number of carbonyl (C=O) groups is 2. The van der Waals surface area contributed by atoms with Crippen LogP contribution in [0.1, 0.15) is 48.9 Å². The minimum Gasteiger partial charge on any atom is -0.467 e. The van der Waals surface area contributed by atoms with Gasteiger partial charge in [0.25, 0.3) is 5.91 Å². The number of nitrogens with one attached hydrogen (secondary N) is 1. The summed E-state index contributed by atoms with van der Waals surface area (Å²) in [6, 6.07) is 10.8. The van der Waals surface area contributed by atoms with Crippen molar-refractivity contribution >= 4 is 23.5 Å². The lowest BCUT2D eigenvalue weighted by Crippen LogP contribution is -2.40. The maximum Gasteiger partial charge on any atom is 0.325 e. The summed E-state index contributed by atoms with van der Waals surface area (Å²) in [5.74, 6) is 0.705.